The number of aryl methyl sites for hydroxylation is 1. The van der Waals surface area contributed by atoms with E-state index in [0.29, 0.717) is 16.8 Å². The Morgan fingerprint density at radius 3 is 2.29 bits per heavy atom. The Hall–Kier alpha value is -3.59. The number of pyridine rings is 2. The Morgan fingerprint density at radius 2 is 1.61 bits per heavy atom. The number of benzene rings is 3. The van der Waals surface area contributed by atoms with Crippen LogP contribution in [-0.4, -0.2) is 9.97 Å². The van der Waals surface area contributed by atoms with Crippen LogP contribution < -0.4 is 0 Å². The third kappa shape index (κ3) is 6.64. The summed E-state index contributed by atoms with van der Waals surface area (Å²) in [5.74, 6) is 0. The van der Waals surface area contributed by atoms with Crippen LogP contribution in [0.15, 0.2) is 102 Å². The van der Waals surface area contributed by atoms with Gasteiger partial charge >= 0.3 is 0 Å². The zero-order valence-corrected chi connectivity index (χ0v) is 23.8. The average Bonchev–Trinajstić information content (AvgIpc) is 3.35. The van der Waals surface area contributed by atoms with Crippen molar-refractivity contribution in [3.05, 3.63) is 121 Å². The molecule has 0 atom stereocenters. The van der Waals surface area contributed by atoms with Gasteiger partial charge in [0.15, 0.2) is 5.58 Å². The maximum absolute atomic E-state index is 8.25. The molecule has 3 aromatic heterocycles. The van der Waals surface area contributed by atoms with Crippen LogP contribution in [0.2, 0.25) is 0 Å². The molecule has 0 aliphatic rings. The molecule has 0 N–H and O–H groups in total. The number of furan rings is 1. The average molecular weight is 680 g/mol. The van der Waals surface area contributed by atoms with E-state index >= 15 is 0 Å². The number of fused-ring (bicyclic) bond motifs is 3. The Kier molecular flexibility index (Phi) is 6.66. The Morgan fingerprint density at radius 1 is 0.816 bits per heavy atom. The minimum Gasteiger partial charge on any atom is -0.455 e. The number of nitrogens with zero attached hydrogens (tertiary/aromatic N) is 2. The SMILES string of the molecule is [2H]C([2H])([2H])c1c[c-]c(-c2ccc(C([2H])([2H])C(C)(C)C)cn2)cc1.[Ir].[c-]1ccccc1-c1cc2c(cn1)oc1ccccc12. The van der Waals surface area contributed by atoms with Crippen LogP contribution in [0.5, 0.6) is 0 Å². The molecule has 0 aliphatic carbocycles. The van der Waals surface area contributed by atoms with Crippen molar-refractivity contribution in [2.75, 3.05) is 0 Å². The summed E-state index contributed by atoms with van der Waals surface area (Å²) < 4.78 is 44.3. The molecule has 0 saturated heterocycles. The third-order valence-electron chi connectivity index (χ3n) is 5.62. The van der Waals surface area contributed by atoms with Gasteiger partial charge in [-0.05, 0) is 34.8 Å². The van der Waals surface area contributed by atoms with Gasteiger partial charge in [0, 0.05) is 43.9 Å². The van der Waals surface area contributed by atoms with Gasteiger partial charge in [-0.25, -0.2) is 0 Å². The summed E-state index contributed by atoms with van der Waals surface area (Å²) in [6.45, 7) is 3.40. The molecule has 0 unspecified atom stereocenters. The van der Waals surface area contributed by atoms with Crippen molar-refractivity contribution in [2.24, 2.45) is 5.41 Å². The fourth-order valence-electron chi connectivity index (χ4n) is 3.98. The van der Waals surface area contributed by atoms with Crippen LogP contribution in [0.4, 0.5) is 0 Å². The van der Waals surface area contributed by atoms with Crippen LogP contribution in [-0.2, 0) is 26.5 Å². The van der Waals surface area contributed by atoms with Crippen molar-refractivity contribution in [3.63, 3.8) is 0 Å². The predicted molar refractivity (Wildman–Crippen MR) is 152 cm³/mol. The van der Waals surface area contributed by atoms with Gasteiger partial charge in [0.25, 0.3) is 0 Å². The molecule has 0 spiro atoms. The van der Waals surface area contributed by atoms with Gasteiger partial charge < -0.3 is 14.4 Å². The van der Waals surface area contributed by atoms with Gasteiger partial charge in [-0.3, -0.25) is 0 Å². The molecule has 0 fully saturated rings. The minimum atomic E-state index is -2.14. The summed E-state index contributed by atoms with van der Waals surface area (Å²) in [6.07, 6.45) is 1.82. The van der Waals surface area contributed by atoms with Crippen molar-refractivity contribution in [3.8, 4) is 22.5 Å². The van der Waals surface area contributed by atoms with Crippen molar-refractivity contribution in [1.29, 1.82) is 0 Å². The van der Waals surface area contributed by atoms with E-state index in [9.17, 15) is 0 Å². The monoisotopic (exact) mass is 680 g/mol. The number of hydrogen-bond acceptors (Lipinski definition) is 3. The molecule has 38 heavy (non-hydrogen) atoms. The molecule has 0 bridgehead atoms. The fourth-order valence-corrected chi connectivity index (χ4v) is 3.98. The normalized spacial score (nSPS) is 13.7. The van der Waals surface area contributed by atoms with Gasteiger partial charge in [0.05, 0.1) is 6.20 Å². The van der Waals surface area contributed by atoms with Gasteiger partial charge in [-0.1, -0.05) is 64.0 Å². The van der Waals surface area contributed by atoms with Gasteiger partial charge in [0.2, 0.25) is 0 Å². The first-order valence-corrected chi connectivity index (χ1v) is 12.1. The zero-order chi connectivity index (χ0) is 30.1. The second-order valence-electron chi connectivity index (χ2n) is 9.74. The van der Waals surface area contributed by atoms with E-state index in [0.717, 1.165) is 33.2 Å². The van der Waals surface area contributed by atoms with Crippen LogP contribution in [0.3, 0.4) is 0 Å². The molecule has 1 radical (unpaired) electrons. The molecule has 0 aliphatic heterocycles. The van der Waals surface area contributed by atoms with Gasteiger partial charge in [-0.15, -0.1) is 71.3 Å². The second kappa shape index (κ2) is 11.9. The Labute approximate surface area is 245 Å². The molecule has 6 rings (SSSR count). The molecule has 3 aromatic carbocycles. The van der Waals surface area contributed by atoms with Crippen molar-refractivity contribution in [1.82, 2.24) is 9.97 Å². The first-order chi connectivity index (χ1) is 19.8. The molecule has 4 heteroatoms. The Balaban J connectivity index is 0.000000195. The molecular weight excluding hydrogens is 645 g/mol. The van der Waals surface area contributed by atoms with Crippen molar-refractivity contribution < 1.29 is 31.4 Å². The van der Waals surface area contributed by atoms with Crippen LogP contribution in [0.1, 0.15) is 38.8 Å². The summed E-state index contributed by atoms with van der Waals surface area (Å²) in [7, 11) is 0. The molecule has 193 valence electrons. The van der Waals surface area contributed by atoms with E-state index in [-0.39, 0.29) is 25.7 Å². The quantitative estimate of drug-likeness (QED) is 0.176. The van der Waals surface area contributed by atoms with Crippen LogP contribution in [0.25, 0.3) is 44.5 Å². The molecule has 3 heterocycles. The number of hydrogen-bond donors (Lipinski definition) is 0. The summed E-state index contributed by atoms with van der Waals surface area (Å²) in [5.41, 5.74) is 5.17. The Bertz CT molecular complexity index is 1810. The summed E-state index contributed by atoms with van der Waals surface area (Å²) in [6, 6.07) is 32.2. The van der Waals surface area contributed by atoms with E-state index in [1.54, 1.807) is 30.5 Å². The maximum atomic E-state index is 8.25. The van der Waals surface area contributed by atoms with E-state index < -0.39 is 18.6 Å². The summed E-state index contributed by atoms with van der Waals surface area (Å²) >= 11 is 0. The first-order valence-electron chi connectivity index (χ1n) is 14.6. The van der Waals surface area contributed by atoms with E-state index in [2.05, 4.69) is 34.2 Å². The number of rotatable bonds is 3. The molecule has 6 aromatic rings. The standard InChI is InChI=1S/C17H10NO.C17H20N.Ir/c1-2-6-12(7-3-1)15-10-14-13-8-4-5-9-16(13)19-17(14)11-18-15;1-13-5-8-15(9-6-13)16-10-7-14(12-18-16)11-17(2,3)4;/h1-6,8-11H;5-8,10,12H,11H2,1-4H3;/q2*-1;/i;1D3,11D2;. The first kappa shape index (κ1) is 21.4. The summed E-state index contributed by atoms with van der Waals surface area (Å²) in [4.78, 5) is 8.76. The smallest absolute Gasteiger partial charge is 0.151 e. The van der Waals surface area contributed by atoms with Crippen LogP contribution in [0, 0.1) is 24.4 Å². The minimum absolute atomic E-state index is 0. The van der Waals surface area contributed by atoms with Crippen LogP contribution >= 0.6 is 0 Å². The zero-order valence-electron chi connectivity index (χ0n) is 26.4. The molecule has 0 amide bonds. The molecule has 3 nitrogen and oxygen atoms in total. The van der Waals surface area contributed by atoms with E-state index in [1.165, 1.54) is 12.3 Å². The van der Waals surface area contributed by atoms with Gasteiger partial charge in [0.1, 0.15) is 5.58 Å². The van der Waals surface area contributed by atoms with E-state index in [4.69, 9.17) is 11.3 Å². The largest absolute Gasteiger partial charge is 0.455 e. The predicted octanol–water partition coefficient (Wildman–Crippen LogP) is 8.89. The molecule has 0 saturated carbocycles. The third-order valence-corrected chi connectivity index (χ3v) is 5.62. The number of aromatic nitrogens is 2. The van der Waals surface area contributed by atoms with E-state index in [1.807, 2.05) is 63.2 Å². The van der Waals surface area contributed by atoms with Crippen molar-refractivity contribution >= 4 is 21.9 Å². The fraction of sp³-hybridized carbons (Fsp3) is 0.176. The summed E-state index contributed by atoms with van der Waals surface area (Å²) in [5, 5.41) is 2.22. The second-order valence-corrected chi connectivity index (χ2v) is 9.74. The maximum Gasteiger partial charge on any atom is 0.151 e. The topological polar surface area (TPSA) is 38.9 Å². The van der Waals surface area contributed by atoms with Crippen molar-refractivity contribution in [2.45, 2.75) is 34.0 Å². The number of para-hydroxylation sites is 1. The van der Waals surface area contributed by atoms with Gasteiger partial charge in [-0.2, -0.15) is 0 Å². The molecular formula is C34H30IrN2O-2.